The summed E-state index contributed by atoms with van der Waals surface area (Å²) in [7, 11) is 2.78. The number of ether oxygens (including phenoxy) is 1. The van der Waals surface area contributed by atoms with Gasteiger partial charge in [-0.3, -0.25) is 4.79 Å². The van der Waals surface area contributed by atoms with Gasteiger partial charge in [0.25, 0.3) is 0 Å². The van der Waals surface area contributed by atoms with Gasteiger partial charge < -0.3 is 15.0 Å². The van der Waals surface area contributed by atoms with E-state index in [-0.39, 0.29) is 12.5 Å². The van der Waals surface area contributed by atoms with Crippen molar-refractivity contribution in [2.75, 3.05) is 26.0 Å². The minimum atomic E-state index is -0.538. The van der Waals surface area contributed by atoms with E-state index in [4.69, 9.17) is 0 Å². The number of carbonyl (C=O) groups is 2. The smallest absolute Gasteiger partial charge is 0.409 e. The molecule has 17 heavy (non-hydrogen) atoms. The van der Waals surface area contributed by atoms with Crippen molar-refractivity contribution in [3.8, 4) is 0 Å². The van der Waals surface area contributed by atoms with Crippen LogP contribution in [-0.2, 0) is 9.53 Å². The highest BCUT2D eigenvalue weighted by Crippen LogP contribution is 2.09. The van der Waals surface area contributed by atoms with Crippen LogP contribution in [0.25, 0.3) is 0 Å². The van der Waals surface area contributed by atoms with Crippen LogP contribution < -0.4 is 5.32 Å². The van der Waals surface area contributed by atoms with E-state index in [1.54, 1.807) is 6.07 Å². The second kappa shape index (κ2) is 5.89. The van der Waals surface area contributed by atoms with Gasteiger partial charge in [0, 0.05) is 12.7 Å². The molecular formula is C12H16N2O3. The molecule has 0 aliphatic rings. The van der Waals surface area contributed by atoms with Crippen LogP contribution in [-0.4, -0.2) is 37.6 Å². The number of nitrogens with zero attached hydrogens (tertiary/aromatic N) is 1. The Morgan fingerprint density at radius 3 is 2.71 bits per heavy atom. The molecule has 0 saturated carbocycles. The SMILES string of the molecule is COC(=O)N(C)CC(=O)Nc1cccc(C)c1. The van der Waals surface area contributed by atoms with Gasteiger partial charge in [-0.1, -0.05) is 12.1 Å². The lowest BCUT2D eigenvalue weighted by Crippen LogP contribution is -2.34. The van der Waals surface area contributed by atoms with Crippen LogP contribution in [0, 0.1) is 6.92 Å². The Balaban J connectivity index is 2.53. The summed E-state index contributed by atoms with van der Waals surface area (Å²) in [5, 5.41) is 2.70. The molecular weight excluding hydrogens is 220 g/mol. The highest BCUT2D eigenvalue weighted by molar-refractivity contribution is 5.93. The lowest BCUT2D eigenvalue weighted by molar-refractivity contribution is -0.116. The molecule has 0 fully saturated rings. The number of methoxy groups -OCH3 is 1. The van der Waals surface area contributed by atoms with Crippen molar-refractivity contribution in [1.29, 1.82) is 0 Å². The third-order valence-electron chi connectivity index (χ3n) is 2.17. The van der Waals surface area contributed by atoms with Crippen LogP contribution in [0.5, 0.6) is 0 Å². The number of anilines is 1. The first-order valence-corrected chi connectivity index (χ1v) is 5.18. The summed E-state index contributed by atoms with van der Waals surface area (Å²) in [5.74, 6) is -0.261. The highest BCUT2D eigenvalue weighted by Gasteiger charge is 2.12. The molecule has 5 nitrogen and oxygen atoms in total. The minimum Gasteiger partial charge on any atom is -0.453 e. The molecule has 0 aliphatic heterocycles. The number of nitrogens with one attached hydrogen (secondary N) is 1. The molecule has 0 atom stereocenters. The van der Waals surface area contributed by atoms with Crippen molar-refractivity contribution in [1.82, 2.24) is 4.90 Å². The number of carbonyl (C=O) groups excluding carboxylic acids is 2. The van der Waals surface area contributed by atoms with E-state index in [0.717, 1.165) is 5.56 Å². The van der Waals surface area contributed by atoms with Gasteiger partial charge in [-0.15, -0.1) is 0 Å². The molecule has 92 valence electrons. The Hall–Kier alpha value is -2.04. The van der Waals surface area contributed by atoms with E-state index in [1.807, 2.05) is 25.1 Å². The Morgan fingerprint density at radius 1 is 1.41 bits per heavy atom. The van der Waals surface area contributed by atoms with E-state index < -0.39 is 6.09 Å². The van der Waals surface area contributed by atoms with Crippen LogP contribution >= 0.6 is 0 Å². The van der Waals surface area contributed by atoms with Crippen molar-refractivity contribution in [3.05, 3.63) is 29.8 Å². The quantitative estimate of drug-likeness (QED) is 0.867. The van der Waals surface area contributed by atoms with Gasteiger partial charge >= 0.3 is 6.09 Å². The summed E-state index contributed by atoms with van der Waals surface area (Å²) < 4.78 is 4.49. The fourth-order valence-electron chi connectivity index (χ4n) is 1.36. The van der Waals surface area contributed by atoms with Gasteiger partial charge in [0.05, 0.1) is 7.11 Å². The predicted octanol–water partition coefficient (Wildman–Crippen LogP) is 1.63. The second-order valence-corrected chi connectivity index (χ2v) is 3.74. The standard InChI is InChI=1S/C12H16N2O3/c1-9-5-4-6-10(7-9)13-11(15)8-14(2)12(16)17-3/h4-7H,8H2,1-3H3,(H,13,15). The molecule has 1 aromatic rings. The van der Waals surface area contributed by atoms with Crippen molar-refractivity contribution in [2.45, 2.75) is 6.92 Å². The first-order valence-electron chi connectivity index (χ1n) is 5.18. The summed E-state index contributed by atoms with van der Waals surface area (Å²) in [5.41, 5.74) is 1.78. The fraction of sp³-hybridized carbons (Fsp3) is 0.333. The number of benzene rings is 1. The molecule has 0 bridgehead atoms. The third-order valence-corrected chi connectivity index (χ3v) is 2.17. The molecule has 0 heterocycles. The van der Waals surface area contributed by atoms with Crippen LogP contribution in [0.2, 0.25) is 0 Å². The van der Waals surface area contributed by atoms with Crippen molar-refractivity contribution >= 4 is 17.7 Å². The number of amides is 2. The fourth-order valence-corrected chi connectivity index (χ4v) is 1.36. The van der Waals surface area contributed by atoms with E-state index in [1.165, 1.54) is 19.1 Å². The summed E-state index contributed by atoms with van der Waals surface area (Å²) in [4.78, 5) is 23.9. The van der Waals surface area contributed by atoms with Crippen molar-refractivity contribution < 1.29 is 14.3 Å². The second-order valence-electron chi connectivity index (χ2n) is 3.74. The summed E-state index contributed by atoms with van der Waals surface area (Å²) >= 11 is 0. The largest absolute Gasteiger partial charge is 0.453 e. The molecule has 0 spiro atoms. The maximum atomic E-state index is 11.6. The molecule has 1 aromatic carbocycles. The average molecular weight is 236 g/mol. The average Bonchev–Trinajstić information content (AvgIpc) is 2.27. The van der Waals surface area contributed by atoms with Crippen LogP contribution in [0.4, 0.5) is 10.5 Å². The summed E-state index contributed by atoms with van der Waals surface area (Å²) in [6, 6.07) is 7.45. The Labute approximate surface area is 100 Å². The van der Waals surface area contributed by atoms with E-state index >= 15 is 0 Å². The molecule has 0 radical (unpaired) electrons. The zero-order valence-electron chi connectivity index (χ0n) is 10.2. The lowest BCUT2D eigenvalue weighted by atomic mass is 10.2. The molecule has 0 aliphatic carbocycles. The first-order chi connectivity index (χ1) is 8.02. The topological polar surface area (TPSA) is 58.6 Å². The van der Waals surface area contributed by atoms with Crippen molar-refractivity contribution in [3.63, 3.8) is 0 Å². The molecule has 1 rings (SSSR count). The molecule has 0 saturated heterocycles. The van der Waals surface area contributed by atoms with Gasteiger partial charge in [-0.25, -0.2) is 4.79 Å². The Kier molecular flexibility index (Phi) is 4.51. The third kappa shape index (κ3) is 4.14. The maximum absolute atomic E-state index is 11.6. The predicted molar refractivity (Wildman–Crippen MR) is 64.8 cm³/mol. The van der Waals surface area contributed by atoms with E-state index in [0.29, 0.717) is 5.69 Å². The molecule has 0 aromatic heterocycles. The van der Waals surface area contributed by atoms with Crippen LogP contribution in [0.3, 0.4) is 0 Å². The van der Waals surface area contributed by atoms with Crippen LogP contribution in [0.1, 0.15) is 5.56 Å². The van der Waals surface area contributed by atoms with Gasteiger partial charge in [0.15, 0.2) is 0 Å². The maximum Gasteiger partial charge on any atom is 0.409 e. The number of aryl methyl sites for hydroxylation is 1. The molecule has 5 heteroatoms. The molecule has 1 N–H and O–H groups in total. The Morgan fingerprint density at radius 2 is 2.12 bits per heavy atom. The van der Waals surface area contributed by atoms with E-state index in [2.05, 4.69) is 10.1 Å². The summed E-state index contributed by atoms with van der Waals surface area (Å²) in [6.45, 7) is 1.90. The lowest BCUT2D eigenvalue weighted by Gasteiger charge is -2.15. The Bertz CT molecular complexity index is 418. The number of hydrogen-bond donors (Lipinski definition) is 1. The number of hydrogen-bond acceptors (Lipinski definition) is 3. The number of likely N-dealkylation sites (N-methyl/N-ethyl adjacent to an activating group) is 1. The molecule has 2 amide bonds. The minimum absolute atomic E-state index is 0.0411. The highest BCUT2D eigenvalue weighted by atomic mass is 16.5. The zero-order chi connectivity index (χ0) is 12.8. The molecule has 0 unspecified atom stereocenters. The van der Waals surface area contributed by atoms with E-state index in [9.17, 15) is 9.59 Å². The first kappa shape index (κ1) is 13.0. The van der Waals surface area contributed by atoms with Crippen molar-refractivity contribution in [2.24, 2.45) is 0 Å². The van der Waals surface area contributed by atoms with Gasteiger partial charge in [0.1, 0.15) is 6.54 Å². The number of rotatable bonds is 3. The zero-order valence-corrected chi connectivity index (χ0v) is 10.2. The van der Waals surface area contributed by atoms with Gasteiger partial charge in [-0.2, -0.15) is 0 Å². The summed E-state index contributed by atoms with van der Waals surface area (Å²) in [6.07, 6.45) is -0.538. The van der Waals surface area contributed by atoms with Crippen LogP contribution in [0.15, 0.2) is 24.3 Å². The van der Waals surface area contributed by atoms with Gasteiger partial charge in [-0.05, 0) is 24.6 Å². The van der Waals surface area contributed by atoms with Gasteiger partial charge in [0.2, 0.25) is 5.91 Å². The monoisotopic (exact) mass is 236 g/mol. The normalized spacial score (nSPS) is 9.59.